The van der Waals surface area contributed by atoms with Crippen LogP contribution in [0, 0.1) is 5.41 Å². The molecule has 0 unspecified atom stereocenters. The molecule has 2 heterocycles. The normalized spacial score (nSPS) is 16.2. The third-order valence-corrected chi connectivity index (χ3v) is 3.89. The molecule has 5 nitrogen and oxygen atoms in total. The number of aryl methyl sites for hydroxylation is 1. The Morgan fingerprint density at radius 2 is 2.24 bits per heavy atom. The highest BCUT2D eigenvalue weighted by Crippen LogP contribution is 2.27. The van der Waals surface area contributed by atoms with Gasteiger partial charge in [-0.2, -0.15) is 0 Å². The minimum absolute atomic E-state index is 0.130. The lowest BCUT2D eigenvalue weighted by atomic mass is 10.2. The van der Waals surface area contributed by atoms with E-state index < -0.39 is 0 Å². The van der Waals surface area contributed by atoms with Crippen LogP contribution in [0.4, 0.5) is 5.13 Å². The van der Waals surface area contributed by atoms with Gasteiger partial charge in [0.1, 0.15) is 5.84 Å². The molecule has 0 radical (unpaired) electrons. The number of nitrogen functional groups attached to an aromatic ring is 1. The Bertz CT molecular complexity index is 398. The number of nitrogens with one attached hydrogen (secondary N) is 1. The molecule has 0 amide bonds. The quantitative estimate of drug-likeness (QED) is 0.625. The van der Waals surface area contributed by atoms with E-state index in [0.29, 0.717) is 0 Å². The highest BCUT2D eigenvalue weighted by Gasteiger charge is 2.19. The second kappa shape index (κ2) is 5.46. The lowest BCUT2D eigenvalue weighted by molar-refractivity contribution is 0.122. The summed E-state index contributed by atoms with van der Waals surface area (Å²) < 4.78 is 5.32. The van der Waals surface area contributed by atoms with Crippen LogP contribution in [-0.2, 0) is 11.2 Å². The number of anilines is 1. The van der Waals surface area contributed by atoms with E-state index in [1.54, 1.807) is 0 Å². The number of nitrogens with zero attached hydrogens (tertiary/aromatic N) is 2. The van der Waals surface area contributed by atoms with Crippen LogP contribution in [0.2, 0.25) is 0 Å². The van der Waals surface area contributed by atoms with Crippen LogP contribution in [0.1, 0.15) is 23.9 Å². The predicted molar refractivity (Wildman–Crippen MR) is 70.2 cm³/mol. The topological polar surface area (TPSA) is 75.2 Å². The van der Waals surface area contributed by atoms with E-state index in [4.69, 9.17) is 15.9 Å². The Hall–Kier alpha value is -1.14. The van der Waals surface area contributed by atoms with Crippen molar-refractivity contribution in [2.24, 2.45) is 5.73 Å². The van der Waals surface area contributed by atoms with Crippen molar-refractivity contribution in [1.82, 2.24) is 4.98 Å². The summed E-state index contributed by atoms with van der Waals surface area (Å²) in [7, 11) is 0. The van der Waals surface area contributed by atoms with E-state index in [1.165, 1.54) is 11.3 Å². The van der Waals surface area contributed by atoms with Crippen LogP contribution in [-0.4, -0.2) is 37.1 Å². The molecular formula is C11H18N4OS. The van der Waals surface area contributed by atoms with E-state index in [-0.39, 0.29) is 5.84 Å². The minimum Gasteiger partial charge on any atom is -0.383 e. The highest BCUT2D eigenvalue weighted by atomic mass is 32.1. The number of hydrogen-bond acceptors (Lipinski definition) is 5. The van der Waals surface area contributed by atoms with Gasteiger partial charge in [-0.3, -0.25) is 5.41 Å². The average Bonchev–Trinajstić information content (AvgIpc) is 2.75. The average molecular weight is 254 g/mol. The molecule has 17 heavy (non-hydrogen) atoms. The van der Waals surface area contributed by atoms with Gasteiger partial charge in [-0.15, -0.1) is 0 Å². The molecule has 6 heteroatoms. The van der Waals surface area contributed by atoms with E-state index in [2.05, 4.69) is 16.8 Å². The van der Waals surface area contributed by atoms with Gasteiger partial charge in [0.05, 0.1) is 23.8 Å². The molecule has 1 aromatic rings. The van der Waals surface area contributed by atoms with Gasteiger partial charge < -0.3 is 15.4 Å². The third-order valence-electron chi connectivity index (χ3n) is 2.70. The van der Waals surface area contributed by atoms with E-state index in [0.717, 1.165) is 54.8 Å². The predicted octanol–water partition coefficient (Wildman–Crippen LogP) is 1.22. The van der Waals surface area contributed by atoms with Crippen molar-refractivity contribution in [3.8, 4) is 0 Å². The van der Waals surface area contributed by atoms with Crippen molar-refractivity contribution in [2.45, 2.75) is 19.8 Å². The fourth-order valence-electron chi connectivity index (χ4n) is 1.85. The van der Waals surface area contributed by atoms with Crippen LogP contribution in [0.15, 0.2) is 0 Å². The van der Waals surface area contributed by atoms with Crippen LogP contribution < -0.4 is 10.6 Å². The summed E-state index contributed by atoms with van der Waals surface area (Å²) in [6.07, 6.45) is 1.91. The second-order valence-electron chi connectivity index (χ2n) is 4.04. The zero-order valence-electron chi connectivity index (χ0n) is 10.0. The molecule has 1 aromatic heterocycles. The maximum atomic E-state index is 7.59. The summed E-state index contributed by atoms with van der Waals surface area (Å²) in [4.78, 5) is 7.65. The number of aromatic nitrogens is 1. The number of nitrogens with two attached hydrogens (primary N) is 1. The van der Waals surface area contributed by atoms with Crippen LogP contribution in [0.25, 0.3) is 0 Å². The van der Waals surface area contributed by atoms with Gasteiger partial charge in [-0.05, 0) is 6.42 Å². The first-order valence-electron chi connectivity index (χ1n) is 5.89. The molecule has 2 rings (SSSR count). The first-order chi connectivity index (χ1) is 8.22. The number of rotatable bonds is 4. The number of thiazole rings is 1. The van der Waals surface area contributed by atoms with Gasteiger partial charge in [0.2, 0.25) is 0 Å². The highest BCUT2D eigenvalue weighted by molar-refractivity contribution is 7.17. The summed E-state index contributed by atoms with van der Waals surface area (Å²) in [5.41, 5.74) is 6.56. The molecule has 0 bridgehead atoms. The number of amidine groups is 1. The Labute approximate surface area is 105 Å². The van der Waals surface area contributed by atoms with Gasteiger partial charge in [-0.1, -0.05) is 24.7 Å². The Balaban J connectivity index is 2.22. The summed E-state index contributed by atoms with van der Waals surface area (Å²) in [5.74, 6) is 0.130. The molecular weight excluding hydrogens is 236 g/mol. The smallest absolute Gasteiger partial charge is 0.186 e. The van der Waals surface area contributed by atoms with E-state index in [1.807, 2.05) is 0 Å². The molecule has 0 atom stereocenters. The fraction of sp³-hybridized carbons (Fsp3) is 0.636. The molecule has 0 saturated carbocycles. The van der Waals surface area contributed by atoms with Gasteiger partial charge in [-0.25, -0.2) is 4.98 Å². The Morgan fingerprint density at radius 1 is 1.53 bits per heavy atom. The third kappa shape index (κ3) is 2.76. The van der Waals surface area contributed by atoms with Gasteiger partial charge >= 0.3 is 0 Å². The molecule has 0 spiro atoms. The van der Waals surface area contributed by atoms with Gasteiger partial charge in [0, 0.05) is 13.1 Å². The summed E-state index contributed by atoms with van der Waals surface area (Å²) >= 11 is 1.52. The molecule has 1 saturated heterocycles. The van der Waals surface area contributed by atoms with Crippen molar-refractivity contribution >= 4 is 22.3 Å². The second-order valence-corrected chi connectivity index (χ2v) is 5.01. The summed E-state index contributed by atoms with van der Waals surface area (Å²) in [6, 6.07) is 0. The van der Waals surface area contributed by atoms with Crippen LogP contribution >= 0.6 is 11.3 Å². The number of morpholine rings is 1. The molecule has 3 N–H and O–H groups in total. The van der Waals surface area contributed by atoms with Crippen molar-refractivity contribution in [1.29, 1.82) is 5.41 Å². The van der Waals surface area contributed by atoms with Crippen molar-refractivity contribution < 1.29 is 4.74 Å². The summed E-state index contributed by atoms with van der Waals surface area (Å²) in [5, 5.41) is 8.56. The monoisotopic (exact) mass is 254 g/mol. The van der Waals surface area contributed by atoms with Crippen molar-refractivity contribution in [3.63, 3.8) is 0 Å². The SMILES string of the molecule is CCCc1nc(N2CCOCC2)sc1C(=N)N. The molecule has 1 aliphatic rings. The lowest BCUT2D eigenvalue weighted by Gasteiger charge is -2.26. The Kier molecular flexibility index (Phi) is 3.96. The van der Waals surface area contributed by atoms with Gasteiger partial charge in [0.25, 0.3) is 0 Å². The Morgan fingerprint density at radius 3 is 2.82 bits per heavy atom. The number of ether oxygens (including phenoxy) is 1. The summed E-state index contributed by atoms with van der Waals surface area (Å²) in [6.45, 7) is 5.35. The molecule has 1 fully saturated rings. The lowest BCUT2D eigenvalue weighted by Crippen LogP contribution is -2.36. The first kappa shape index (κ1) is 12.3. The molecule has 1 aliphatic heterocycles. The zero-order valence-corrected chi connectivity index (χ0v) is 10.8. The molecule has 0 aromatic carbocycles. The first-order valence-corrected chi connectivity index (χ1v) is 6.70. The van der Waals surface area contributed by atoms with Crippen LogP contribution in [0.3, 0.4) is 0 Å². The maximum absolute atomic E-state index is 7.59. The minimum atomic E-state index is 0.130. The van der Waals surface area contributed by atoms with Crippen molar-refractivity contribution in [2.75, 3.05) is 31.2 Å². The fourth-order valence-corrected chi connectivity index (χ4v) is 2.87. The standard InChI is InChI=1S/C11H18N4OS/c1-2-3-8-9(10(12)13)17-11(14-8)15-4-6-16-7-5-15/h2-7H2,1H3,(H3,12,13). The maximum Gasteiger partial charge on any atom is 0.186 e. The van der Waals surface area contributed by atoms with Crippen molar-refractivity contribution in [3.05, 3.63) is 10.6 Å². The van der Waals surface area contributed by atoms with Gasteiger partial charge in [0.15, 0.2) is 5.13 Å². The van der Waals surface area contributed by atoms with E-state index in [9.17, 15) is 0 Å². The molecule has 94 valence electrons. The molecule has 0 aliphatic carbocycles. The number of hydrogen-bond donors (Lipinski definition) is 2. The largest absolute Gasteiger partial charge is 0.383 e. The van der Waals surface area contributed by atoms with Crippen LogP contribution in [0.5, 0.6) is 0 Å². The van der Waals surface area contributed by atoms with E-state index >= 15 is 0 Å². The zero-order chi connectivity index (χ0) is 12.3.